The number of esters is 1. The van der Waals surface area contributed by atoms with E-state index in [-0.39, 0.29) is 6.42 Å². The Morgan fingerprint density at radius 2 is 1.33 bits per heavy atom. The summed E-state index contributed by atoms with van der Waals surface area (Å²) < 4.78 is 146. The normalized spacial score (nSPS) is 15.8. The average molecular weight is 426 g/mol. The van der Waals surface area contributed by atoms with E-state index >= 15 is 0 Å². The zero-order valence-corrected chi connectivity index (χ0v) is 14.3. The summed E-state index contributed by atoms with van der Waals surface area (Å²) >= 11 is 0. The second-order valence-corrected chi connectivity index (χ2v) is 6.38. The Kier molecular flexibility index (Phi) is 7.59. The minimum Gasteiger partial charge on any atom is -0.465 e. The molecule has 0 aromatic carbocycles. The van der Waals surface area contributed by atoms with Crippen molar-refractivity contribution in [3.05, 3.63) is 0 Å². The largest absolute Gasteiger partial charge is 0.465 e. The van der Waals surface area contributed by atoms with Crippen LogP contribution >= 0.6 is 0 Å². The summed E-state index contributed by atoms with van der Waals surface area (Å²) in [6, 6.07) is 0. The predicted molar refractivity (Wildman–Crippen MR) is 70.0 cm³/mol. The Morgan fingerprint density at radius 1 is 0.889 bits per heavy atom. The third-order valence-electron chi connectivity index (χ3n) is 4.02. The number of hydrogen-bond acceptors (Lipinski definition) is 2. The molecule has 0 N–H and O–H groups in total. The van der Waals surface area contributed by atoms with E-state index in [1.165, 1.54) is 20.8 Å². The molecule has 162 valence electrons. The van der Waals surface area contributed by atoms with Crippen molar-refractivity contribution in [2.45, 2.75) is 64.0 Å². The molecule has 0 aliphatic carbocycles. The first-order valence-electron chi connectivity index (χ1n) is 7.42. The van der Waals surface area contributed by atoms with Crippen LogP contribution in [0.2, 0.25) is 0 Å². The van der Waals surface area contributed by atoms with E-state index in [0.717, 1.165) is 0 Å². The van der Waals surface area contributed by atoms with E-state index in [4.69, 9.17) is 0 Å². The molecule has 27 heavy (non-hydrogen) atoms. The zero-order chi connectivity index (χ0) is 22.1. The molecule has 0 heterocycles. The highest BCUT2D eigenvalue weighted by molar-refractivity contribution is 5.75. The van der Waals surface area contributed by atoms with Gasteiger partial charge in [-0.3, -0.25) is 4.79 Å². The van der Waals surface area contributed by atoms with Gasteiger partial charge in [-0.2, -0.15) is 39.5 Å². The van der Waals surface area contributed by atoms with Crippen LogP contribution in [0.15, 0.2) is 0 Å². The molecule has 13 heteroatoms. The van der Waals surface area contributed by atoms with Crippen molar-refractivity contribution in [2.75, 3.05) is 6.61 Å². The standard InChI is InChI=1S/C14H17F11O2/c1-4-10(2,3)9(26)27-6-5-7(13(21,22)23)11(17,18)14(24,25)12(19,20)8(15)16/h7-8H,4-6H2,1-3H3. The molecule has 1 atom stereocenters. The molecule has 0 aliphatic heterocycles. The summed E-state index contributed by atoms with van der Waals surface area (Å²) in [4.78, 5) is 11.6. The number of alkyl halides is 11. The molecular formula is C14H17F11O2. The molecule has 0 rings (SSSR count). The highest BCUT2D eigenvalue weighted by Gasteiger charge is 2.79. The van der Waals surface area contributed by atoms with Crippen LogP contribution in [-0.2, 0) is 9.53 Å². The number of carbonyl (C=O) groups is 1. The lowest BCUT2D eigenvalue weighted by Gasteiger charge is -2.37. The molecule has 0 saturated heterocycles. The average Bonchev–Trinajstić information content (AvgIpc) is 2.48. The molecule has 0 saturated carbocycles. The van der Waals surface area contributed by atoms with Crippen molar-refractivity contribution in [3.63, 3.8) is 0 Å². The van der Waals surface area contributed by atoms with Crippen LogP contribution in [-0.4, -0.2) is 42.9 Å². The SMILES string of the molecule is CCC(C)(C)C(=O)OCCC(C(F)(F)F)C(F)(F)C(F)(F)C(F)(F)C(F)F. The van der Waals surface area contributed by atoms with Crippen LogP contribution in [0, 0.1) is 11.3 Å². The molecule has 0 fully saturated rings. The van der Waals surface area contributed by atoms with Crippen molar-refractivity contribution in [1.29, 1.82) is 0 Å². The molecular weight excluding hydrogens is 409 g/mol. The predicted octanol–water partition coefficient (Wildman–Crippen LogP) is 5.71. The highest BCUT2D eigenvalue weighted by atomic mass is 19.4. The van der Waals surface area contributed by atoms with Gasteiger partial charge in [0.1, 0.15) is 5.92 Å². The van der Waals surface area contributed by atoms with Crippen molar-refractivity contribution < 1.29 is 57.8 Å². The minimum absolute atomic E-state index is 0.128. The highest BCUT2D eigenvalue weighted by Crippen LogP contribution is 2.55. The van der Waals surface area contributed by atoms with Crippen molar-refractivity contribution in [3.8, 4) is 0 Å². The fourth-order valence-electron chi connectivity index (χ4n) is 1.74. The molecule has 0 radical (unpaired) electrons. The monoisotopic (exact) mass is 426 g/mol. The third kappa shape index (κ3) is 5.15. The van der Waals surface area contributed by atoms with Gasteiger partial charge in [0, 0.05) is 0 Å². The maximum Gasteiger partial charge on any atom is 0.397 e. The lowest BCUT2D eigenvalue weighted by molar-refractivity contribution is -0.375. The Labute approximate surface area is 147 Å². The number of ether oxygens (including phenoxy) is 1. The van der Waals surface area contributed by atoms with Crippen molar-refractivity contribution in [1.82, 2.24) is 0 Å². The Hall–Kier alpha value is -1.30. The Balaban J connectivity index is 5.62. The van der Waals surface area contributed by atoms with Crippen molar-refractivity contribution >= 4 is 5.97 Å². The summed E-state index contributed by atoms with van der Waals surface area (Å²) in [5.74, 6) is -25.9. The summed E-state index contributed by atoms with van der Waals surface area (Å²) in [5, 5.41) is 0. The van der Waals surface area contributed by atoms with Crippen LogP contribution in [0.5, 0.6) is 0 Å². The molecule has 0 aliphatic rings. The van der Waals surface area contributed by atoms with Crippen LogP contribution in [0.4, 0.5) is 48.3 Å². The Morgan fingerprint density at radius 3 is 1.67 bits per heavy atom. The van der Waals surface area contributed by atoms with Crippen LogP contribution in [0.3, 0.4) is 0 Å². The van der Waals surface area contributed by atoms with Gasteiger partial charge in [-0.25, -0.2) is 8.78 Å². The summed E-state index contributed by atoms with van der Waals surface area (Å²) in [5.41, 5.74) is -1.23. The first-order valence-corrected chi connectivity index (χ1v) is 7.42. The maximum atomic E-state index is 13.6. The summed E-state index contributed by atoms with van der Waals surface area (Å²) in [6.45, 7) is 2.62. The van der Waals surface area contributed by atoms with Gasteiger partial charge >= 0.3 is 36.3 Å². The van der Waals surface area contributed by atoms with Gasteiger partial charge in [-0.15, -0.1) is 0 Å². The summed E-state index contributed by atoms with van der Waals surface area (Å²) in [7, 11) is 0. The van der Waals surface area contributed by atoms with Crippen LogP contribution in [0.1, 0.15) is 33.6 Å². The number of halogens is 11. The third-order valence-corrected chi connectivity index (χ3v) is 4.02. The topological polar surface area (TPSA) is 26.3 Å². The minimum atomic E-state index is -7.01. The van der Waals surface area contributed by atoms with Gasteiger partial charge in [0.2, 0.25) is 0 Å². The van der Waals surface area contributed by atoms with Gasteiger partial charge in [0.25, 0.3) is 0 Å². The van der Waals surface area contributed by atoms with Gasteiger partial charge in [0.05, 0.1) is 12.0 Å². The lowest BCUT2D eigenvalue weighted by Crippen LogP contribution is -2.62. The van der Waals surface area contributed by atoms with E-state index in [9.17, 15) is 53.1 Å². The van der Waals surface area contributed by atoms with Gasteiger partial charge < -0.3 is 4.74 Å². The first-order chi connectivity index (χ1) is 11.8. The van der Waals surface area contributed by atoms with Crippen LogP contribution in [0.25, 0.3) is 0 Å². The molecule has 0 bridgehead atoms. The lowest BCUT2D eigenvalue weighted by atomic mass is 9.88. The number of rotatable bonds is 9. The van der Waals surface area contributed by atoms with Gasteiger partial charge in [-0.1, -0.05) is 6.92 Å². The second-order valence-electron chi connectivity index (χ2n) is 6.38. The second kappa shape index (κ2) is 7.98. The van der Waals surface area contributed by atoms with E-state index in [1.807, 2.05) is 0 Å². The van der Waals surface area contributed by atoms with Crippen molar-refractivity contribution in [2.24, 2.45) is 11.3 Å². The molecule has 1 unspecified atom stereocenters. The van der Waals surface area contributed by atoms with E-state index in [1.54, 1.807) is 0 Å². The fourth-order valence-corrected chi connectivity index (χ4v) is 1.74. The number of hydrogen-bond donors (Lipinski definition) is 0. The fraction of sp³-hybridized carbons (Fsp3) is 0.929. The Bertz CT molecular complexity index is 512. The maximum absolute atomic E-state index is 13.6. The molecule has 0 amide bonds. The quantitative estimate of drug-likeness (QED) is 0.349. The van der Waals surface area contributed by atoms with Gasteiger partial charge in [-0.05, 0) is 26.7 Å². The van der Waals surface area contributed by atoms with Gasteiger partial charge in [0.15, 0.2) is 0 Å². The smallest absolute Gasteiger partial charge is 0.397 e. The van der Waals surface area contributed by atoms with E-state index < -0.39 is 60.7 Å². The molecule has 0 aromatic rings. The first kappa shape index (κ1) is 25.7. The molecule has 2 nitrogen and oxygen atoms in total. The zero-order valence-electron chi connectivity index (χ0n) is 14.3. The van der Waals surface area contributed by atoms with E-state index in [0.29, 0.717) is 0 Å². The number of carbonyl (C=O) groups excluding carboxylic acids is 1. The molecule has 0 spiro atoms. The van der Waals surface area contributed by atoms with E-state index in [2.05, 4.69) is 4.74 Å². The molecule has 0 aromatic heterocycles. The van der Waals surface area contributed by atoms with Crippen LogP contribution < -0.4 is 0 Å². The summed E-state index contributed by atoms with van der Waals surface area (Å²) in [6.07, 6.45) is -13.4.